The molecule has 7 nitrogen and oxygen atoms in total. The highest BCUT2D eigenvalue weighted by atomic mass is 16.5. The summed E-state index contributed by atoms with van der Waals surface area (Å²) in [6.45, 7) is 4.31. The lowest BCUT2D eigenvalue weighted by Crippen LogP contribution is -2.04. The van der Waals surface area contributed by atoms with E-state index >= 15 is 0 Å². The summed E-state index contributed by atoms with van der Waals surface area (Å²) in [5, 5.41) is 13.4. The molecule has 33 heavy (non-hydrogen) atoms. The number of ether oxygens (including phenoxy) is 1. The van der Waals surface area contributed by atoms with Crippen LogP contribution in [0.2, 0.25) is 0 Å². The molecule has 1 aromatic carbocycles. The summed E-state index contributed by atoms with van der Waals surface area (Å²) in [5.41, 5.74) is 6.60. The molecular weight excluding hydrogens is 412 g/mol. The predicted molar refractivity (Wildman–Crippen MR) is 128 cm³/mol. The first-order valence-corrected chi connectivity index (χ1v) is 10.7. The van der Waals surface area contributed by atoms with E-state index in [1.165, 1.54) is 0 Å². The van der Waals surface area contributed by atoms with Crippen LogP contribution in [0.4, 0.5) is 0 Å². The second-order valence-corrected chi connectivity index (χ2v) is 8.15. The topological polar surface area (TPSA) is 62.2 Å². The van der Waals surface area contributed by atoms with Crippen LogP contribution in [0, 0.1) is 11.8 Å². The van der Waals surface area contributed by atoms with E-state index in [0.29, 0.717) is 5.75 Å². The third-order valence-corrected chi connectivity index (χ3v) is 5.52. The average Bonchev–Trinajstić information content (AvgIpc) is 3.55. The molecule has 0 aliphatic carbocycles. The fourth-order valence-electron chi connectivity index (χ4n) is 3.98. The summed E-state index contributed by atoms with van der Waals surface area (Å²) in [5.74, 6) is 7.60. The molecule has 0 fully saturated rings. The minimum atomic E-state index is 0.262. The Hall–Kier alpha value is -4.31. The number of methoxy groups -OCH3 is 1. The van der Waals surface area contributed by atoms with E-state index in [1.54, 1.807) is 18.0 Å². The number of para-hydroxylation sites is 1. The summed E-state index contributed by atoms with van der Waals surface area (Å²) in [7, 11) is 3.56. The van der Waals surface area contributed by atoms with Crippen LogP contribution < -0.4 is 4.74 Å². The molecule has 0 aliphatic heterocycles. The highest BCUT2D eigenvalue weighted by Gasteiger charge is 2.15. The van der Waals surface area contributed by atoms with Gasteiger partial charge < -0.3 is 4.74 Å². The van der Waals surface area contributed by atoms with Gasteiger partial charge in [0.15, 0.2) is 0 Å². The van der Waals surface area contributed by atoms with Crippen LogP contribution in [0.3, 0.4) is 0 Å². The maximum Gasteiger partial charge on any atom is 0.146 e. The van der Waals surface area contributed by atoms with Crippen molar-refractivity contribution in [2.75, 3.05) is 7.11 Å². The van der Waals surface area contributed by atoms with Gasteiger partial charge in [-0.3, -0.25) is 4.68 Å². The standard InChI is InChI=1S/C26H24N6O/c1-18(2)25-19(14-29-32(25)23-8-6-5-7-9-23)10-11-20-13-28-31-17-21(12-24(33-4)26(20)31)22-15-27-30(3)16-22/h5-9,12-18H,1-4H3. The minimum absolute atomic E-state index is 0.262. The third kappa shape index (κ3) is 3.76. The van der Waals surface area contributed by atoms with Gasteiger partial charge in [0.25, 0.3) is 0 Å². The molecule has 0 amide bonds. The monoisotopic (exact) mass is 436 g/mol. The molecule has 0 saturated heterocycles. The lowest BCUT2D eigenvalue weighted by atomic mass is 10.1. The molecule has 0 N–H and O–H groups in total. The number of hydrogen-bond donors (Lipinski definition) is 0. The van der Waals surface area contributed by atoms with Gasteiger partial charge in [0.05, 0.1) is 48.2 Å². The van der Waals surface area contributed by atoms with E-state index in [0.717, 1.165) is 39.2 Å². The maximum absolute atomic E-state index is 5.70. The van der Waals surface area contributed by atoms with Crippen LogP contribution in [-0.2, 0) is 7.05 Å². The Morgan fingerprint density at radius 3 is 2.33 bits per heavy atom. The van der Waals surface area contributed by atoms with Crippen molar-refractivity contribution in [1.29, 1.82) is 0 Å². The highest BCUT2D eigenvalue weighted by molar-refractivity contribution is 5.75. The third-order valence-electron chi connectivity index (χ3n) is 5.52. The number of rotatable bonds is 4. The number of hydrogen-bond acceptors (Lipinski definition) is 4. The van der Waals surface area contributed by atoms with Gasteiger partial charge in [-0.15, -0.1) is 0 Å². The number of nitrogens with zero attached hydrogens (tertiary/aromatic N) is 6. The first-order chi connectivity index (χ1) is 16.0. The molecule has 0 atom stereocenters. The molecule has 0 bridgehead atoms. The number of pyridine rings is 1. The van der Waals surface area contributed by atoms with Gasteiger partial charge in [0, 0.05) is 30.6 Å². The summed E-state index contributed by atoms with van der Waals surface area (Å²) >= 11 is 0. The summed E-state index contributed by atoms with van der Waals surface area (Å²) in [4.78, 5) is 0. The van der Waals surface area contributed by atoms with Crippen LogP contribution in [0.1, 0.15) is 36.6 Å². The lowest BCUT2D eigenvalue weighted by molar-refractivity contribution is 0.417. The molecule has 0 aliphatic rings. The second-order valence-electron chi connectivity index (χ2n) is 8.15. The quantitative estimate of drug-likeness (QED) is 0.391. The molecule has 4 aromatic heterocycles. The Kier molecular flexibility index (Phi) is 5.19. The fourth-order valence-corrected chi connectivity index (χ4v) is 3.98. The number of fused-ring (bicyclic) bond motifs is 1. The van der Waals surface area contributed by atoms with Gasteiger partial charge in [-0.2, -0.15) is 15.3 Å². The van der Waals surface area contributed by atoms with Crippen LogP contribution in [0.5, 0.6) is 5.75 Å². The molecule has 7 heteroatoms. The molecular formula is C26H24N6O. The largest absolute Gasteiger partial charge is 0.494 e. The van der Waals surface area contributed by atoms with E-state index < -0.39 is 0 Å². The van der Waals surface area contributed by atoms with Crippen molar-refractivity contribution < 1.29 is 4.74 Å². The SMILES string of the molecule is COc1cc(-c2cnn(C)c2)cn2ncc(C#Cc3cnn(-c4ccccc4)c3C(C)C)c12. The lowest BCUT2D eigenvalue weighted by Gasteiger charge is -2.10. The molecule has 5 rings (SSSR count). The average molecular weight is 437 g/mol. The van der Waals surface area contributed by atoms with E-state index in [-0.39, 0.29) is 5.92 Å². The van der Waals surface area contributed by atoms with Gasteiger partial charge in [0.2, 0.25) is 0 Å². The van der Waals surface area contributed by atoms with Crippen LogP contribution >= 0.6 is 0 Å². The Morgan fingerprint density at radius 1 is 0.879 bits per heavy atom. The smallest absolute Gasteiger partial charge is 0.146 e. The fraction of sp³-hybridized carbons (Fsp3) is 0.192. The Morgan fingerprint density at radius 2 is 1.64 bits per heavy atom. The van der Waals surface area contributed by atoms with E-state index in [1.807, 2.05) is 77.4 Å². The molecule has 5 aromatic rings. The summed E-state index contributed by atoms with van der Waals surface area (Å²) in [6, 6.07) is 12.1. The van der Waals surface area contributed by atoms with Crippen molar-refractivity contribution in [3.05, 3.63) is 84.2 Å². The van der Waals surface area contributed by atoms with E-state index in [4.69, 9.17) is 4.74 Å². The molecule has 0 unspecified atom stereocenters. The highest BCUT2D eigenvalue weighted by Crippen LogP contribution is 2.30. The minimum Gasteiger partial charge on any atom is -0.494 e. The van der Waals surface area contributed by atoms with Crippen molar-refractivity contribution in [3.8, 4) is 34.4 Å². The zero-order valence-corrected chi connectivity index (χ0v) is 19.0. The maximum atomic E-state index is 5.70. The predicted octanol–water partition coefficient (Wildman–Crippen LogP) is 4.45. The van der Waals surface area contributed by atoms with Crippen LogP contribution in [0.25, 0.3) is 22.3 Å². The van der Waals surface area contributed by atoms with Crippen LogP contribution in [-0.4, -0.2) is 36.3 Å². The zero-order chi connectivity index (χ0) is 22.9. The van der Waals surface area contributed by atoms with Crippen molar-refractivity contribution >= 4 is 5.52 Å². The van der Waals surface area contributed by atoms with Crippen molar-refractivity contribution in [3.63, 3.8) is 0 Å². The van der Waals surface area contributed by atoms with Gasteiger partial charge in [-0.05, 0) is 24.1 Å². The molecule has 0 saturated carbocycles. The Bertz CT molecular complexity index is 1490. The van der Waals surface area contributed by atoms with Gasteiger partial charge in [0.1, 0.15) is 11.3 Å². The number of aromatic nitrogens is 6. The van der Waals surface area contributed by atoms with Crippen LogP contribution in [0.15, 0.2) is 67.4 Å². The zero-order valence-electron chi connectivity index (χ0n) is 19.0. The Balaban J connectivity index is 1.58. The first kappa shape index (κ1) is 20.6. The van der Waals surface area contributed by atoms with Crippen molar-refractivity contribution in [2.45, 2.75) is 19.8 Å². The molecule has 4 heterocycles. The number of benzene rings is 1. The second kappa shape index (κ2) is 8.32. The van der Waals surface area contributed by atoms with Gasteiger partial charge in [-0.1, -0.05) is 43.9 Å². The molecule has 0 spiro atoms. The van der Waals surface area contributed by atoms with E-state index in [2.05, 4.69) is 41.0 Å². The van der Waals surface area contributed by atoms with Crippen molar-refractivity contribution in [1.82, 2.24) is 29.2 Å². The summed E-state index contributed by atoms with van der Waals surface area (Å²) in [6.07, 6.45) is 9.35. The Labute approximate surface area is 192 Å². The van der Waals surface area contributed by atoms with Gasteiger partial charge in [-0.25, -0.2) is 9.20 Å². The molecule has 164 valence electrons. The number of aryl methyl sites for hydroxylation is 1. The summed E-state index contributed by atoms with van der Waals surface area (Å²) < 4.78 is 11.2. The van der Waals surface area contributed by atoms with E-state index in [9.17, 15) is 0 Å². The first-order valence-electron chi connectivity index (χ1n) is 10.7. The molecule has 0 radical (unpaired) electrons. The van der Waals surface area contributed by atoms with Gasteiger partial charge >= 0.3 is 0 Å². The van der Waals surface area contributed by atoms with Crippen molar-refractivity contribution in [2.24, 2.45) is 7.05 Å². The normalized spacial score (nSPS) is 11.1.